The van der Waals surface area contributed by atoms with Crippen molar-refractivity contribution in [2.24, 2.45) is 0 Å². The van der Waals surface area contributed by atoms with Crippen molar-refractivity contribution in [3.05, 3.63) is 65.5 Å². The lowest BCUT2D eigenvalue weighted by molar-refractivity contribution is -0.121. The Hall–Kier alpha value is -2.34. The van der Waals surface area contributed by atoms with E-state index in [1.54, 1.807) is 42.1 Å². The predicted octanol–water partition coefficient (Wildman–Crippen LogP) is 3.30. The lowest BCUT2D eigenvalue weighted by Crippen LogP contribution is -2.34. The first kappa shape index (κ1) is 17.5. The van der Waals surface area contributed by atoms with E-state index in [9.17, 15) is 14.0 Å². The van der Waals surface area contributed by atoms with Crippen LogP contribution in [0.15, 0.2) is 53.4 Å². The fraction of sp³-hybridized carbons (Fsp3) is 0.263. The minimum absolute atomic E-state index is 0.152. The molecule has 0 fully saturated rings. The molecule has 3 rings (SSSR count). The largest absolute Gasteiger partial charge is 0.352 e. The Morgan fingerprint density at radius 2 is 1.96 bits per heavy atom. The lowest BCUT2D eigenvalue weighted by Gasteiger charge is -2.26. The summed E-state index contributed by atoms with van der Waals surface area (Å²) in [6.07, 6.45) is 0.954. The van der Waals surface area contributed by atoms with Gasteiger partial charge in [-0.15, -0.1) is 11.8 Å². The molecule has 6 heteroatoms. The van der Waals surface area contributed by atoms with E-state index in [-0.39, 0.29) is 36.6 Å². The normalized spacial score (nSPS) is 16.0. The summed E-state index contributed by atoms with van der Waals surface area (Å²) >= 11 is 1.67. The molecule has 1 heterocycles. The number of thioether (sulfide) groups is 1. The molecule has 0 aromatic heterocycles. The van der Waals surface area contributed by atoms with Crippen LogP contribution in [0.3, 0.4) is 0 Å². The molecule has 2 amide bonds. The molecule has 2 aromatic rings. The highest BCUT2D eigenvalue weighted by Crippen LogP contribution is 2.36. The van der Waals surface area contributed by atoms with Crippen LogP contribution in [0.4, 0.5) is 4.39 Å². The smallest absolute Gasteiger partial charge is 0.251 e. The number of rotatable bonds is 5. The number of carbonyl (C=O) groups excluding carboxylic acids is 2. The van der Waals surface area contributed by atoms with E-state index in [4.69, 9.17) is 0 Å². The number of carbonyl (C=O) groups is 2. The van der Waals surface area contributed by atoms with E-state index in [1.165, 1.54) is 12.1 Å². The second-order valence-corrected chi connectivity index (χ2v) is 6.95. The quantitative estimate of drug-likeness (QED) is 0.862. The van der Waals surface area contributed by atoms with Gasteiger partial charge in [0, 0.05) is 29.2 Å². The maximum atomic E-state index is 13.5. The van der Waals surface area contributed by atoms with Gasteiger partial charge >= 0.3 is 0 Å². The van der Waals surface area contributed by atoms with Crippen LogP contribution < -0.4 is 10.6 Å². The Morgan fingerprint density at radius 3 is 2.76 bits per heavy atom. The minimum Gasteiger partial charge on any atom is -0.352 e. The SMILES string of the molecule is O=C(CCNC(=O)c1ccccc1)N[C@@H]1CCSc2ccc(F)cc21. The van der Waals surface area contributed by atoms with Crippen molar-refractivity contribution in [2.75, 3.05) is 12.3 Å². The van der Waals surface area contributed by atoms with Crippen LogP contribution >= 0.6 is 11.8 Å². The van der Waals surface area contributed by atoms with Gasteiger partial charge in [0.25, 0.3) is 5.91 Å². The number of halogens is 1. The fourth-order valence-electron chi connectivity index (χ4n) is 2.76. The fourth-order valence-corrected chi connectivity index (χ4v) is 3.87. The van der Waals surface area contributed by atoms with Crippen molar-refractivity contribution in [3.8, 4) is 0 Å². The molecule has 1 aliphatic rings. The molecular weight excluding hydrogens is 339 g/mol. The van der Waals surface area contributed by atoms with Crippen LogP contribution in [-0.2, 0) is 4.79 Å². The Kier molecular flexibility index (Phi) is 5.71. The molecule has 2 aromatic carbocycles. The van der Waals surface area contributed by atoms with Gasteiger partial charge in [0.1, 0.15) is 5.82 Å². The Balaban J connectivity index is 1.51. The molecular formula is C19H19FN2O2S. The summed E-state index contributed by atoms with van der Waals surface area (Å²) in [5.41, 5.74) is 1.40. The zero-order valence-electron chi connectivity index (χ0n) is 13.6. The summed E-state index contributed by atoms with van der Waals surface area (Å²) < 4.78 is 13.5. The molecule has 1 aliphatic heterocycles. The van der Waals surface area contributed by atoms with Gasteiger partial charge < -0.3 is 10.6 Å². The maximum Gasteiger partial charge on any atom is 0.251 e. The van der Waals surface area contributed by atoms with Gasteiger partial charge in [-0.25, -0.2) is 4.39 Å². The average molecular weight is 358 g/mol. The van der Waals surface area contributed by atoms with Crippen LogP contribution in [0.25, 0.3) is 0 Å². The topological polar surface area (TPSA) is 58.2 Å². The van der Waals surface area contributed by atoms with E-state index in [0.717, 1.165) is 22.6 Å². The first-order valence-corrected chi connectivity index (χ1v) is 9.17. The second-order valence-electron chi connectivity index (χ2n) is 5.81. The number of nitrogens with one attached hydrogen (secondary N) is 2. The molecule has 0 saturated heterocycles. The summed E-state index contributed by atoms with van der Waals surface area (Å²) in [5.74, 6) is 0.236. The summed E-state index contributed by atoms with van der Waals surface area (Å²) in [7, 11) is 0. The van der Waals surface area contributed by atoms with Gasteiger partial charge in [0.2, 0.25) is 5.91 Å². The molecule has 0 unspecified atom stereocenters. The van der Waals surface area contributed by atoms with Crippen molar-refractivity contribution in [3.63, 3.8) is 0 Å². The standard InChI is InChI=1S/C19H19FN2O2S/c20-14-6-7-17-15(12-14)16(9-11-25-17)22-18(23)8-10-21-19(24)13-4-2-1-3-5-13/h1-7,12,16H,8-11H2,(H,21,24)(H,22,23)/t16-/m1/s1. The average Bonchev–Trinajstić information content (AvgIpc) is 2.63. The number of amides is 2. The minimum atomic E-state index is -0.296. The highest BCUT2D eigenvalue weighted by atomic mass is 32.2. The number of fused-ring (bicyclic) bond motifs is 1. The van der Waals surface area contributed by atoms with Crippen LogP contribution in [0.2, 0.25) is 0 Å². The number of hydrogen-bond donors (Lipinski definition) is 2. The lowest BCUT2D eigenvalue weighted by atomic mass is 10.0. The van der Waals surface area contributed by atoms with Gasteiger partial charge in [-0.05, 0) is 42.3 Å². The predicted molar refractivity (Wildman–Crippen MR) is 96.0 cm³/mol. The van der Waals surface area contributed by atoms with E-state index in [2.05, 4.69) is 10.6 Å². The van der Waals surface area contributed by atoms with Crippen molar-refractivity contribution in [2.45, 2.75) is 23.8 Å². The number of hydrogen-bond acceptors (Lipinski definition) is 3. The Labute approximate surface area is 150 Å². The van der Waals surface area contributed by atoms with E-state index in [0.29, 0.717) is 5.56 Å². The van der Waals surface area contributed by atoms with Gasteiger partial charge in [-0.3, -0.25) is 9.59 Å². The molecule has 130 valence electrons. The first-order valence-electron chi connectivity index (χ1n) is 8.18. The van der Waals surface area contributed by atoms with Crippen molar-refractivity contribution in [1.82, 2.24) is 10.6 Å². The van der Waals surface area contributed by atoms with Gasteiger partial charge in [-0.1, -0.05) is 18.2 Å². The van der Waals surface area contributed by atoms with Gasteiger partial charge in [-0.2, -0.15) is 0 Å². The first-order chi connectivity index (χ1) is 12.1. The van der Waals surface area contributed by atoms with Crippen molar-refractivity contribution < 1.29 is 14.0 Å². The van der Waals surface area contributed by atoms with Gasteiger partial charge in [0.15, 0.2) is 0 Å². The molecule has 0 bridgehead atoms. The summed E-state index contributed by atoms with van der Waals surface area (Å²) in [5, 5.41) is 5.68. The van der Waals surface area contributed by atoms with E-state index >= 15 is 0 Å². The molecule has 1 atom stereocenters. The molecule has 4 nitrogen and oxygen atoms in total. The van der Waals surface area contributed by atoms with E-state index in [1.807, 2.05) is 6.07 Å². The third kappa shape index (κ3) is 4.60. The second kappa shape index (κ2) is 8.16. The van der Waals surface area contributed by atoms with E-state index < -0.39 is 0 Å². The zero-order valence-corrected chi connectivity index (χ0v) is 14.4. The highest BCUT2D eigenvalue weighted by molar-refractivity contribution is 7.99. The van der Waals surface area contributed by atoms with Crippen LogP contribution in [-0.4, -0.2) is 24.1 Å². The van der Waals surface area contributed by atoms with Crippen LogP contribution in [0.1, 0.15) is 34.8 Å². The molecule has 0 saturated carbocycles. The van der Waals surface area contributed by atoms with Crippen LogP contribution in [0.5, 0.6) is 0 Å². The van der Waals surface area contributed by atoms with Crippen LogP contribution in [0, 0.1) is 5.82 Å². The Morgan fingerprint density at radius 1 is 1.16 bits per heavy atom. The van der Waals surface area contributed by atoms with Crippen molar-refractivity contribution in [1.29, 1.82) is 0 Å². The zero-order chi connectivity index (χ0) is 17.6. The Bertz CT molecular complexity index is 767. The van der Waals surface area contributed by atoms with Crippen molar-refractivity contribution >= 4 is 23.6 Å². The summed E-state index contributed by atoms with van der Waals surface area (Å²) in [4.78, 5) is 25.1. The maximum absolute atomic E-state index is 13.5. The third-order valence-electron chi connectivity index (χ3n) is 4.02. The van der Waals surface area contributed by atoms with Gasteiger partial charge in [0.05, 0.1) is 6.04 Å². The monoisotopic (exact) mass is 358 g/mol. The molecule has 0 spiro atoms. The highest BCUT2D eigenvalue weighted by Gasteiger charge is 2.22. The molecule has 0 radical (unpaired) electrons. The molecule has 2 N–H and O–H groups in total. The third-order valence-corrected chi connectivity index (χ3v) is 5.14. The molecule has 25 heavy (non-hydrogen) atoms. The number of benzene rings is 2. The summed E-state index contributed by atoms with van der Waals surface area (Å²) in [6, 6.07) is 13.4. The molecule has 0 aliphatic carbocycles. The summed E-state index contributed by atoms with van der Waals surface area (Å²) in [6.45, 7) is 0.261.